The van der Waals surface area contributed by atoms with Crippen molar-refractivity contribution in [3.05, 3.63) is 133 Å². The van der Waals surface area contributed by atoms with Crippen LogP contribution < -0.4 is 10.9 Å². The van der Waals surface area contributed by atoms with Crippen LogP contribution in [0, 0.1) is 20.2 Å². The van der Waals surface area contributed by atoms with Gasteiger partial charge in [0.15, 0.2) is 11.5 Å². The molecule has 5 rings (SSSR count). The molecule has 230 valence electrons. The van der Waals surface area contributed by atoms with Crippen LogP contribution >= 0.6 is 11.6 Å². The molecule has 2 aromatic heterocycles. The summed E-state index contributed by atoms with van der Waals surface area (Å²) in [4.78, 5) is 45.6. The Labute approximate surface area is 262 Å². The minimum absolute atomic E-state index is 0.0826. The topological polar surface area (TPSA) is 216 Å². The third kappa shape index (κ3) is 7.12. The van der Waals surface area contributed by atoms with Crippen LogP contribution in [0.3, 0.4) is 0 Å². The number of furan rings is 2. The first-order valence-electron chi connectivity index (χ1n) is 13.0. The molecule has 2 heterocycles. The zero-order chi connectivity index (χ0) is 32.8. The number of nitrogens with zero attached hydrogens (tertiary/aromatic N) is 4. The second-order valence-corrected chi connectivity index (χ2v) is 9.70. The van der Waals surface area contributed by atoms with Crippen LogP contribution in [0.25, 0.3) is 22.6 Å². The van der Waals surface area contributed by atoms with Crippen LogP contribution in [0.1, 0.15) is 32.2 Å². The van der Waals surface area contributed by atoms with Crippen LogP contribution in [0.2, 0.25) is 5.02 Å². The molecule has 0 radical (unpaired) electrons. The first kappa shape index (κ1) is 30.8. The molecule has 0 fully saturated rings. The highest BCUT2D eigenvalue weighted by Gasteiger charge is 2.15. The number of benzene rings is 3. The number of hydrogen-bond donors (Lipinski definition) is 3. The van der Waals surface area contributed by atoms with Crippen molar-refractivity contribution in [3.63, 3.8) is 0 Å². The molecule has 0 aliphatic heterocycles. The molecule has 16 heteroatoms. The molecule has 0 aliphatic carbocycles. The summed E-state index contributed by atoms with van der Waals surface area (Å²) in [6, 6.07) is 19.8. The number of nitro groups is 2. The largest absolute Gasteiger partial charge is 0.507 e. The van der Waals surface area contributed by atoms with E-state index in [0.717, 1.165) is 12.4 Å². The summed E-state index contributed by atoms with van der Waals surface area (Å²) in [7, 11) is 0. The van der Waals surface area contributed by atoms with E-state index in [1.165, 1.54) is 84.9 Å². The number of carbonyl (C=O) groups is 2. The molecule has 3 aromatic carbocycles. The minimum atomic E-state index is -0.704. The van der Waals surface area contributed by atoms with E-state index >= 15 is 0 Å². The van der Waals surface area contributed by atoms with Gasteiger partial charge in [0.25, 0.3) is 11.4 Å². The first-order valence-corrected chi connectivity index (χ1v) is 13.4. The average molecular weight is 643 g/mol. The monoisotopic (exact) mass is 642 g/mol. The quantitative estimate of drug-likeness (QED) is 0.0935. The Morgan fingerprint density at radius 3 is 1.46 bits per heavy atom. The van der Waals surface area contributed by atoms with Gasteiger partial charge in [-0.2, -0.15) is 10.2 Å². The Morgan fingerprint density at radius 1 is 0.696 bits per heavy atom. The van der Waals surface area contributed by atoms with E-state index < -0.39 is 21.7 Å². The summed E-state index contributed by atoms with van der Waals surface area (Å²) >= 11 is 6.16. The average Bonchev–Trinajstić information content (AvgIpc) is 3.74. The number of rotatable bonds is 10. The summed E-state index contributed by atoms with van der Waals surface area (Å²) in [6.07, 6.45) is 2.27. The highest BCUT2D eigenvalue weighted by Crippen LogP contribution is 2.27. The molecule has 0 unspecified atom stereocenters. The van der Waals surface area contributed by atoms with E-state index in [1.54, 1.807) is 0 Å². The third-order valence-corrected chi connectivity index (χ3v) is 6.48. The molecule has 5 aromatic rings. The lowest BCUT2D eigenvalue weighted by Gasteiger charge is -2.05. The number of amides is 2. The van der Waals surface area contributed by atoms with Crippen LogP contribution in [0.15, 0.2) is 104 Å². The number of halogens is 1. The maximum atomic E-state index is 12.5. The zero-order valence-electron chi connectivity index (χ0n) is 23.1. The minimum Gasteiger partial charge on any atom is -0.507 e. The van der Waals surface area contributed by atoms with Crippen LogP contribution in [0.4, 0.5) is 11.4 Å². The van der Waals surface area contributed by atoms with Gasteiger partial charge in [0, 0.05) is 51.5 Å². The van der Waals surface area contributed by atoms with Crippen molar-refractivity contribution in [3.8, 4) is 28.4 Å². The fourth-order valence-corrected chi connectivity index (χ4v) is 4.23. The molecule has 0 spiro atoms. The lowest BCUT2D eigenvalue weighted by Crippen LogP contribution is -2.17. The molecular weight excluding hydrogens is 624 g/mol. The number of nitrogens with one attached hydrogen (secondary N) is 2. The molecule has 15 nitrogen and oxygen atoms in total. The Hall–Kier alpha value is -6.61. The number of phenols is 1. The third-order valence-electron chi connectivity index (χ3n) is 6.26. The van der Waals surface area contributed by atoms with Gasteiger partial charge in [-0.05, 0) is 60.7 Å². The lowest BCUT2D eigenvalue weighted by molar-refractivity contribution is -0.385. The summed E-state index contributed by atoms with van der Waals surface area (Å²) in [6.45, 7) is 0. The van der Waals surface area contributed by atoms with Crippen molar-refractivity contribution in [2.24, 2.45) is 10.2 Å². The molecule has 0 aliphatic rings. The van der Waals surface area contributed by atoms with Crippen LogP contribution in [0.5, 0.6) is 5.75 Å². The molecule has 0 saturated carbocycles. The molecule has 2 amide bonds. The highest BCUT2D eigenvalue weighted by molar-refractivity contribution is 6.31. The molecule has 0 saturated heterocycles. The first-order chi connectivity index (χ1) is 22.1. The van der Waals surface area contributed by atoms with Crippen molar-refractivity contribution in [2.45, 2.75) is 0 Å². The van der Waals surface area contributed by atoms with Gasteiger partial charge >= 0.3 is 11.8 Å². The standard InChI is InChI=1S/C30H19ClN6O9/c31-21-13-19(15-32-34-29(39)26-11-9-24(45-26)17-1-5-22(6-2-17)36(41)42)28(38)20(14-21)16-33-35-30(40)27-12-10-25(46-27)18-3-7-23(8-4-18)37(43)44/h1-16,38H,(H,34,39)(H,35,40)/b32-15+,33-16+. The summed E-state index contributed by atoms with van der Waals surface area (Å²) < 4.78 is 11.0. The Bertz CT molecular complexity index is 1870. The second-order valence-electron chi connectivity index (χ2n) is 9.27. The smallest absolute Gasteiger partial charge is 0.307 e. The Kier molecular flexibility index (Phi) is 8.95. The SMILES string of the molecule is O=C(N/N=C/c1cc(Cl)cc(/C=N/NC(=O)c2ccc(-c3ccc([N+](=O)[O-])cc3)o2)c1O)c1ccc(-c2ccc([N+](=O)[O-])cc2)o1. The van der Waals surface area contributed by atoms with E-state index in [-0.39, 0.29) is 44.8 Å². The predicted molar refractivity (Wildman–Crippen MR) is 165 cm³/mol. The van der Waals surface area contributed by atoms with Crippen molar-refractivity contribution >= 4 is 47.2 Å². The van der Waals surface area contributed by atoms with Gasteiger partial charge < -0.3 is 13.9 Å². The highest BCUT2D eigenvalue weighted by atomic mass is 35.5. The predicted octanol–water partition coefficient (Wildman–Crippen LogP) is 5.91. The van der Waals surface area contributed by atoms with Crippen molar-refractivity contribution < 1.29 is 33.4 Å². The van der Waals surface area contributed by atoms with Crippen LogP contribution in [-0.2, 0) is 0 Å². The summed E-state index contributed by atoms with van der Waals surface area (Å²) in [5.74, 6) is -1.26. The van der Waals surface area contributed by atoms with E-state index in [0.29, 0.717) is 22.6 Å². The number of phenolic OH excluding ortho intramolecular Hbond substituents is 1. The summed E-state index contributed by atoms with van der Waals surface area (Å²) in [5.41, 5.74) is 5.64. The lowest BCUT2D eigenvalue weighted by atomic mass is 10.1. The maximum absolute atomic E-state index is 12.5. The number of nitro benzene ring substituents is 2. The van der Waals surface area contributed by atoms with E-state index in [4.69, 9.17) is 20.4 Å². The normalized spacial score (nSPS) is 11.2. The van der Waals surface area contributed by atoms with E-state index in [2.05, 4.69) is 21.1 Å². The van der Waals surface area contributed by atoms with E-state index in [9.17, 15) is 34.9 Å². The molecule has 0 atom stereocenters. The van der Waals surface area contributed by atoms with Crippen LogP contribution in [-0.4, -0.2) is 39.2 Å². The Balaban J connectivity index is 1.20. The molecule has 0 bridgehead atoms. The van der Waals surface area contributed by atoms with Gasteiger partial charge in [-0.1, -0.05) is 11.6 Å². The van der Waals surface area contributed by atoms with Gasteiger partial charge in [-0.15, -0.1) is 0 Å². The van der Waals surface area contributed by atoms with Gasteiger partial charge in [-0.3, -0.25) is 29.8 Å². The number of hydrogen-bond acceptors (Lipinski definition) is 11. The zero-order valence-corrected chi connectivity index (χ0v) is 23.9. The fourth-order valence-electron chi connectivity index (χ4n) is 4.00. The molecule has 46 heavy (non-hydrogen) atoms. The second kappa shape index (κ2) is 13.4. The number of carbonyl (C=O) groups excluding carboxylic acids is 2. The van der Waals surface area contributed by atoms with Crippen molar-refractivity contribution in [2.75, 3.05) is 0 Å². The molecule has 3 N–H and O–H groups in total. The van der Waals surface area contributed by atoms with Gasteiger partial charge in [0.2, 0.25) is 0 Å². The van der Waals surface area contributed by atoms with Gasteiger partial charge in [0.1, 0.15) is 17.3 Å². The van der Waals surface area contributed by atoms with E-state index in [1.807, 2.05) is 0 Å². The number of non-ortho nitro benzene ring substituents is 2. The Morgan fingerprint density at radius 2 is 1.09 bits per heavy atom. The van der Waals surface area contributed by atoms with Gasteiger partial charge in [0.05, 0.1) is 22.3 Å². The fraction of sp³-hybridized carbons (Fsp3) is 0. The number of hydrazone groups is 2. The summed E-state index contributed by atoms with van der Waals surface area (Å²) in [5, 5.41) is 40.2. The maximum Gasteiger partial charge on any atom is 0.307 e. The number of aromatic hydroxyl groups is 1. The van der Waals surface area contributed by atoms with Gasteiger partial charge in [-0.25, -0.2) is 10.9 Å². The van der Waals surface area contributed by atoms with Crippen molar-refractivity contribution in [1.82, 2.24) is 10.9 Å². The molecular formula is C30H19ClN6O9. The van der Waals surface area contributed by atoms with Crippen molar-refractivity contribution in [1.29, 1.82) is 0 Å².